The summed E-state index contributed by atoms with van der Waals surface area (Å²) in [4.78, 5) is 2.60. The van der Waals surface area contributed by atoms with Crippen LogP contribution in [-0.4, -0.2) is 30.6 Å². The fraction of sp³-hybridized carbons (Fsp3) is 0.647. The molecule has 19 heavy (non-hydrogen) atoms. The third-order valence-corrected chi connectivity index (χ3v) is 4.33. The highest BCUT2D eigenvalue weighted by atomic mass is 15.2. The SMILES string of the molecule is Cc1cccc(C)c1CN1CCNC(C(C)(C)C)C1. The van der Waals surface area contributed by atoms with Crippen molar-refractivity contribution < 1.29 is 0 Å². The largest absolute Gasteiger partial charge is 0.311 e. The molecule has 1 unspecified atom stereocenters. The zero-order chi connectivity index (χ0) is 14.0. The third kappa shape index (κ3) is 3.58. The molecule has 1 aliphatic rings. The molecular formula is C17H28N2. The molecule has 0 aliphatic carbocycles. The van der Waals surface area contributed by atoms with E-state index >= 15 is 0 Å². The Kier molecular flexibility index (Phi) is 4.32. The molecule has 1 aromatic carbocycles. The second-order valence-electron chi connectivity index (χ2n) is 6.98. The Morgan fingerprint density at radius 2 is 1.84 bits per heavy atom. The summed E-state index contributed by atoms with van der Waals surface area (Å²) in [5.74, 6) is 0. The quantitative estimate of drug-likeness (QED) is 0.879. The first-order valence-corrected chi connectivity index (χ1v) is 7.39. The van der Waals surface area contributed by atoms with Crippen LogP contribution in [0, 0.1) is 19.3 Å². The number of hydrogen-bond donors (Lipinski definition) is 1. The second-order valence-corrected chi connectivity index (χ2v) is 6.98. The molecule has 1 fully saturated rings. The van der Waals surface area contributed by atoms with Gasteiger partial charge in [0.1, 0.15) is 0 Å². The molecule has 1 heterocycles. The van der Waals surface area contributed by atoms with Crippen molar-refractivity contribution in [1.29, 1.82) is 0 Å². The van der Waals surface area contributed by atoms with Crippen LogP contribution in [0.15, 0.2) is 18.2 Å². The highest BCUT2D eigenvalue weighted by molar-refractivity contribution is 5.33. The van der Waals surface area contributed by atoms with Crippen LogP contribution >= 0.6 is 0 Å². The number of benzene rings is 1. The Morgan fingerprint density at radius 1 is 1.21 bits per heavy atom. The molecule has 1 aliphatic heterocycles. The lowest BCUT2D eigenvalue weighted by Crippen LogP contribution is -2.55. The van der Waals surface area contributed by atoms with Gasteiger partial charge in [0, 0.05) is 32.2 Å². The molecule has 0 bridgehead atoms. The van der Waals surface area contributed by atoms with E-state index in [9.17, 15) is 0 Å². The lowest BCUT2D eigenvalue weighted by atomic mass is 9.85. The molecule has 1 atom stereocenters. The van der Waals surface area contributed by atoms with Gasteiger partial charge in [0.05, 0.1) is 0 Å². The van der Waals surface area contributed by atoms with Crippen LogP contribution in [0.3, 0.4) is 0 Å². The Labute approximate surface area is 118 Å². The highest BCUT2D eigenvalue weighted by Gasteiger charge is 2.29. The summed E-state index contributed by atoms with van der Waals surface area (Å²) >= 11 is 0. The van der Waals surface area contributed by atoms with Crippen molar-refractivity contribution >= 4 is 0 Å². The van der Waals surface area contributed by atoms with Crippen LogP contribution < -0.4 is 5.32 Å². The van der Waals surface area contributed by atoms with E-state index in [2.05, 4.69) is 63.0 Å². The molecule has 2 rings (SSSR count). The molecule has 0 saturated carbocycles. The van der Waals surface area contributed by atoms with Gasteiger partial charge in [0.25, 0.3) is 0 Å². The van der Waals surface area contributed by atoms with Crippen LogP contribution in [0.25, 0.3) is 0 Å². The van der Waals surface area contributed by atoms with E-state index in [1.54, 1.807) is 0 Å². The fourth-order valence-corrected chi connectivity index (χ4v) is 2.86. The molecule has 0 radical (unpaired) electrons. The van der Waals surface area contributed by atoms with Crippen LogP contribution in [0.1, 0.15) is 37.5 Å². The number of nitrogens with zero attached hydrogens (tertiary/aromatic N) is 1. The van der Waals surface area contributed by atoms with Gasteiger partial charge in [-0.15, -0.1) is 0 Å². The molecule has 2 nitrogen and oxygen atoms in total. The predicted molar refractivity (Wildman–Crippen MR) is 82.4 cm³/mol. The zero-order valence-corrected chi connectivity index (χ0v) is 13.1. The predicted octanol–water partition coefficient (Wildman–Crippen LogP) is 3.12. The molecule has 0 amide bonds. The summed E-state index contributed by atoms with van der Waals surface area (Å²) in [5, 5.41) is 3.66. The Balaban J connectivity index is 2.07. The van der Waals surface area contributed by atoms with E-state index in [4.69, 9.17) is 0 Å². The van der Waals surface area contributed by atoms with Crippen molar-refractivity contribution in [3.05, 3.63) is 34.9 Å². The van der Waals surface area contributed by atoms with E-state index in [0.29, 0.717) is 11.5 Å². The average Bonchev–Trinajstić information content (AvgIpc) is 2.33. The van der Waals surface area contributed by atoms with Gasteiger partial charge in [-0.2, -0.15) is 0 Å². The third-order valence-electron chi connectivity index (χ3n) is 4.33. The monoisotopic (exact) mass is 260 g/mol. The molecular weight excluding hydrogens is 232 g/mol. The molecule has 106 valence electrons. The van der Waals surface area contributed by atoms with Gasteiger partial charge in [-0.1, -0.05) is 39.0 Å². The van der Waals surface area contributed by atoms with Crippen molar-refractivity contribution in [2.24, 2.45) is 5.41 Å². The minimum absolute atomic E-state index is 0.333. The Bertz CT molecular complexity index is 411. The smallest absolute Gasteiger partial charge is 0.0244 e. The summed E-state index contributed by atoms with van der Waals surface area (Å²) in [6.45, 7) is 15.9. The minimum Gasteiger partial charge on any atom is -0.311 e. The lowest BCUT2D eigenvalue weighted by molar-refractivity contribution is 0.129. The first-order chi connectivity index (χ1) is 8.88. The van der Waals surface area contributed by atoms with Gasteiger partial charge in [-0.25, -0.2) is 0 Å². The van der Waals surface area contributed by atoms with Gasteiger partial charge in [0.15, 0.2) is 0 Å². The zero-order valence-electron chi connectivity index (χ0n) is 13.1. The normalized spacial score (nSPS) is 21.6. The maximum atomic E-state index is 3.66. The summed E-state index contributed by atoms with van der Waals surface area (Å²) in [5.41, 5.74) is 4.69. The second kappa shape index (κ2) is 5.64. The van der Waals surface area contributed by atoms with Gasteiger partial charge in [0.2, 0.25) is 0 Å². The average molecular weight is 260 g/mol. The van der Waals surface area contributed by atoms with Crippen LogP contribution in [-0.2, 0) is 6.54 Å². The molecule has 1 saturated heterocycles. The molecule has 1 N–H and O–H groups in total. The van der Waals surface area contributed by atoms with E-state index in [1.165, 1.54) is 16.7 Å². The molecule has 2 heteroatoms. The number of nitrogens with one attached hydrogen (secondary N) is 1. The van der Waals surface area contributed by atoms with Crippen molar-refractivity contribution in [2.45, 2.75) is 47.2 Å². The van der Waals surface area contributed by atoms with Gasteiger partial charge < -0.3 is 5.32 Å². The first-order valence-electron chi connectivity index (χ1n) is 7.39. The number of hydrogen-bond acceptors (Lipinski definition) is 2. The summed E-state index contributed by atoms with van der Waals surface area (Å²) < 4.78 is 0. The lowest BCUT2D eigenvalue weighted by Gasteiger charge is -2.40. The number of piperazine rings is 1. The van der Waals surface area contributed by atoms with Crippen LogP contribution in [0.4, 0.5) is 0 Å². The minimum atomic E-state index is 0.333. The van der Waals surface area contributed by atoms with Crippen molar-refractivity contribution in [3.63, 3.8) is 0 Å². The highest BCUT2D eigenvalue weighted by Crippen LogP contribution is 2.23. The summed E-state index contributed by atoms with van der Waals surface area (Å²) in [6, 6.07) is 7.20. The first kappa shape index (κ1) is 14.5. The van der Waals surface area contributed by atoms with Crippen LogP contribution in [0.5, 0.6) is 0 Å². The van der Waals surface area contributed by atoms with E-state index in [-0.39, 0.29) is 0 Å². The molecule has 0 spiro atoms. The van der Waals surface area contributed by atoms with Crippen LogP contribution in [0.2, 0.25) is 0 Å². The Hall–Kier alpha value is -0.860. The molecule has 0 aromatic heterocycles. The topological polar surface area (TPSA) is 15.3 Å². The van der Waals surface area contributed by atoms with E-state index < -0.39 is 0 Å². The van der Waals surface area contributed by atoms with Crippen molar-refractivity contribution in [1.82, 2.24) is 10.2 Å². The summed E-state index contributed by atoms with van der Waals surface area (Å²) in [6.07, 6.45) is 0. The summed E-state index contributed by atoms with van der Waals surface area (Å²) in [7, 11) is 0. The van der Waals surface area contributed by atoms with Gasteiger partial charge in [-0.05, 0) is 36.0 Å². The maximum absolute atomic E-state index is 3.66. The van der Waals surface area contributed by atoms with E-state index in [1.807, 2.05) is 0 Å². The van der Waals surface area contributed by atoms with Gasteiger partial charge in [-0.3, -0.25) is 4.90 Å². The maximum Gasteiger partial charge on any atom is 0.0244 e. The van der Waals surface area contributed by atoms with Gasteiger partial charge >= 0.3 is 0 Å². The number of rotatable bonds is 2. The number of aryl methyl sites for hydroxylation is 2. The van der Waals surface area contributed by atoms with E-state index in [0.717, 1.165) is 26.2 Å². The fourth-order valence-electron chi connectivity index (χ4n) is 2.86. The standard InChI is InChI=1S/C17H28N2/c1-13-7-6-8-14(2)15(13)11-19-10-9-18-16(12-19)17(3,4)5/h6-8,16,18H,9-12H2,1-5H3. The molecule has 1 aromatic rings. The van der Waals surface area contributed by atoms with Crippen molar-refractivity contribution in [3.8, 4) is 0 Å². The van der Waals surface area contributed by atoms with Crippen molar-refractivity contribution in [2.75, 3.05) is 19.6 Å². The Morgan fingerprint density at radius 3 is 2.42 bits per heavy atom.